The SMILES string of the molecule is C1CCC(NC2CCCCC2)CC1.CSCC[C@H](NSc1ccccc1[N+](=O)[O-])C(=O)O. The van der Waals surface area contributed by atoms with Crippen LogP contribution in [0, 0.1) is 10.1 Å². The number of carboxylic acid groups (broad SMARTS) is 1. The average molecular weight is 484 g/mol. The summed E-state index contributed by atoms with van der Waals surface area (Å²) in [6.45, 7) is 0. The van der Waals surface area contributed by atoms with Crippen LogP contribution in [0.4, 0.5) is 5.69 Å². The topological polar surface area (TPSA) is 105 Å². The lowest BCUT2D eigenvalue weighted by Gasteiger charge is -2.30. The Balaban J connectivity index is 0.000000242. The highest BCUT2D eigenvalue weighted by Gasteiger charge is 2.20. The molecule has 9 heteroatoms. The van der Waals surface area contributed by atoms with Crippen LogP contribution in [0.25, 0.3) is 0 Å². The Labute approximate surface area is 200 Å². The highest BCUT2D eigenvalue weighted by Crippen LogP contribution is 2.27. The van der Waals surface area contributed by atoms with E-state index < -0.39 is 16.9 Å². The number of aliphatic carboxylic acids is 1. The van der Waals surface area contributed by atoms with Crippen molar-refractivity contribution in [2.45, 2.75) is 93.7 Å². The monoisotopic (exact) mass is 483 g/mol. The molecule has 32 heavy (non-hydrogen) atoms. The van der Waals surface area contributed by atoms with Gasteiger partial charge in [-0.15, -0.1) is 0 Å². The Morgan fingerprint density at radius 2 is 1.66 bits per heavy atom. The van der Waals surface area contributed by atoms with E-state index in [9.17, 15) is 14.9 Å². The first-order valence-corrected chi connectivity index (χ1v) is 13.9. The number of nitrogens with zero attached hydrogens (tertiary/aromatic N) is 1. The minimum absolute atomic E-state index is 0.0333. The second-order valence-electron chi connectivity index (χ2n) is 8.45. The Kier molecular flexibility index (Phi) is 13.1. The first kappa shape index (κ1) is 27.0. The van der Waals surface area contributed by atoms with E-state index in [0.717, 1.165) is 24.0 Å². The van der Waals surface area contributed by atoms with Crippen LogP contribution in [0.1, 0.15) is 70.6 Å². The minimum Gasteiger partial charge on any atom is -0.480 e. The van der Waals surface area contributed by atoms with Crippen LogP contribution < -0.4 is 10.0 Å². The predicted octanol–water partition coefficient (Wildman–Crippen LogP) is 5.64. The van der Waals surface area contributed by atoms with E-state index in [1.165, 1.54) is 70.3 Å². The number of hydrogen-bond donors (Lipinski definition) is 3. The van der Waals surface area contributed by atoms with Crippen LogP contribution in [0.3, 0.4) is 0 Å². The van der Waals surface area contributed by atoms with Gasteiger partial charge in [-0.25, -0.2) is 4.72 Å². The lowest BCUT2D eigenvalue weighted by molar-refractivity contribution is -0.387. The third-order valence-corrected chi connectivity index (χ3v) is 7.58. The van der Waals surface area contributed by atoms with E-state index in [1.54, 1.807) is 30.0 Å². The van der Waals surface area contributed by atoms with Gasteiger partial charge in [0.2, 0.25) is 0 Å². The number of hydrogen-bond acceptors (Lipinski definition) is 7. The molecule has 3 rings (SSSR count). The molecule has 7 nitrogen and oxygen atoms in total. The zero-order chi connectivity index (χ0) is 23.2. The van der Waals surface area contributed by atoms with Gasteiger partial charge in [-0.1, -0.05) is 50.7 Å². The number of thioether (sulfide) groups is 1. The molecule has 0 unspecified atom stereocenters. The van der Waals surface area contributed by atoms with E-state index in [4.69, 9.17) is 5.11 Å². The van der Waals surface area contributed by atoms with Gasteiger partial charge < -0.3 is 10.4 Å². The van der Waals surface area contributed by atoms with Crippen LogP contribution in [0.15, 0.2) is 29.2 Å². The number of nitrogens with one attached hydrogen (secondary N) is 2. The number of benzene rings is 1. The molecule has 0 saturated heterocycles. The van der Waals surface area contributed by atoms with Crippen molar-refractivity contribution >= 4 is 35.4 Å². The lowest BCUT2D eigenvalue weighted by Crippen LogP contribution is -2.40. The summed E-state index contributed by atoms with van der Waals surface area (Å²) in [6, 6.07) is 7.25. The second-order valence-corrected chi connectivity index (χ2v) is 10.3. The molecular weight excluding hydrogens is 446 g/mol. The molecule has 2 fully saturated rings. The zero-order valence-corrected chi connectivity index (χ0v) is 20.6. The number of nitro groups is 1. The first-order valence-electron chi connectivity index (χ1n) is 11.6. The molecule has 1 aromatic rings. The summed E-state index contributed by atoms with van der Waals surface area (Å²) in [4.78, 5) is 21.8. The third-order valence-electron chi connectivity index (χ3n) is 5.96. The van der Waals surface area contributed by atoms with Crippen molar-refractivity contribution in [2.75, 3.05) is 12.0 Å². The standard InChI is InChI=1S/C12H23N.C11H14N2O4S2/c1-3-7-11(8-4-1)13-12-9-5-2-6-10-12;1-18-7-6-8(11(14)15)12-19-10-5-3-2-4-9(10)13(16)17/h11-13H,1-10H2;2-5,8,12H,6-7H2,1H3,(H,14,15)/t;8-/m.0/s1. The molecule has 2 saturated carbocycles. The minimum atomic E-state index is -0.958. The quantitative estimate of drug-likeness (QED) is 0.223. The molecule has 0 aromatic heterocycles. The molecule has 3 N–H and O–H groups in total. The summed E-state index contributed by atoms with van der Waals surface area (Å²) < 4.78 is 2.76. The van der Waals surface area contributed by atoms with Crippen molar-refractivity contribution in [2.24, 2.45) is 0 Å². The molecule has 2 aliphatic rings. The van der Waals surface area contributed by atoms with E-state index >= 15 is 0 Å². The fourth-order valence-electron chi connectivity index (χ4n) is 4.17. The van der Waals surface area contributed by atoms with Gasteiger partial charge in [0, 0.05) is 18.2 Å². The Morgan fingerprint density at radius 3 is 2.16 bits per heavy atom. The van der Waals surface area contributed by atoms with E-state index in [0.29, 0.717) is 17.1 Å². The zero-order valence-electron chi connectivity index (χ0n) is 19.0. The molecule has 0 aliphatic heterocycles. The molecule has 0 radical (unpaired) electrons. The maximum Gasteiger partial charge on any atom is 0.321 e. The number of para-hydroxylation sites is 1. The van der Waals surface area contributed by atoms with Crippen molar-refractivity contribution < 1.29 is 14.8 Å². The summed E-state index contributed by atoms with van der Waals surface area (Å²) in [5.41, 5.74) is -0.0333. The molecule has 0 spiro atoms. The average Bonchev–Trinajstić information content (AvgIpc) is 2.81. The van der Waals surface area contributed by atoms with Crippen molar-refractivity contribution in [1.82, 2.24) is 10.0 Å². The van der Waals surface area contributed by atoms with E-state index in [-0.39, 0.29) is 5.69 Å². The third kappa shape index (κ3) is 10.1. The van der Waals surface area contributed by atoms with Gasteiger partial charge in [-0.05, 0) is 62.1 Å². The second kappa shape index (κ2) is 15.5. The molecule has 2 aliphatic carbocycles. The summed E-state index contributed by atoms with van der Waals surface area (Å²) >= 11 is 2.54. The highest BCUT2D eigenvalue weighted by atomic mass is 32.2. The van der Waals surface area contributed by atoms with Gasteiger partial charge in [-0.3, -0.25) is 14.9 Å². The van der Waals surface area contributed by atoms with Crippen LogP contribution in [-0.2, 0) is 4.79 Å². The number of nitro benzene ring substituents is 1. The van der Waals surface area contributed by atoms with Gasteiger partial charge >= 0.3 is 5.97 Å². The molecule has 180 valence electrons. The molecule has 1 atom stereocenters. The highest BCUT2D eigenvalue weighted by molar-refractivity contribution is 7.98. The molecule has 0 bridgehead atoms. The van der Waals surface area contributed by atoms with E-state index in [2.05, 4.69) is 10.0 Å². The normalized spacial score (nSPS) is 18.4. The van der Waals surface area contributed by atoms with Gasteiger partial charge in [0.15, 0.2) is 0 Å². The van der Waals surface area contributed by atoms with Gasteiger partial charge in [0.1, 0.15) is 10.9 Å². The Morgan fingerprint density at radius 1 is 1.09 bits per heavy atom. The number of carbonyl (C=O) groups is 1. The molecule has 1 aromatic carbocycles. The van der Waals surface area contributed by atoms with Crippen molar-refractivity contribution in [3.05, 3.63) is 34.4 Å². The lowest BCUT2D eigenvalue weighted by atomic mass is 9.91. The van der Waals surface area contributed by atoms with Crippen LogP contribution in [0.5, 0.6) is 0 Å². The summed E-state index contributed by atoms with van der Waals surface area (Å²) in [6.07, 6.45) is 16.9. The van der Waals surface area contributed by atoms with Crippen molar-refractivity contribution in [1.29, 1.82) is 0 Å². The number of carboxylic acids is 1. The maximum absolute atomic E-state index is 11.0. The van der Waals surface area contributed by atoms with Gasteiger partial charge in [-0.2, -0.15) is 11.8 Å². The fourth-order valence-corrected chi connectivity index (χ4v) is 5.52. The summed E-state index contributed by atoms with van der Waals surface area (Å²) in [7, 11) is 0. The van der Waals surface area contributed by atoms with Gasteiger partial charge in [0.25, 0.3) is 5.69 Å². The summed E-state index contributed by atoms with van der Waals surface area (Å²) in [5, 5.41) is 23.7. The fraction of sp³-hybridized carbons (Fsp3) is 0.696. The molecular formula is C23H37N3O4S2. The summed E-state index contributed by atoms with van der Waals surface area (Å²) in [5.74, 6) is -0.248. The Hall–Kier alpha value is -1.29. The smallest absolute Gasteiger partial charge is 0.321 e. The Bertz CT molecular complexity index is 680. The number of rotatable bonds is 10. The predicted molar refractivity (Wildman–Crippen MR) is 133 cm³/mol. The van der Waals surface area contributed by atoms with Gasteiger partial charge in [0.05, 0.1) is 4.92 Å². The van der Waals surface area contributed by atoms with E-state index in [1.807, 2.05) is 6.26 Å². The maximum atomic E-state index is 11.0. The first-order chi connectivity index (χ1) is 15.5. The van der Waals surface area contributed by atoms with Crippen LogP contribution in [-0.4, -0.2) is 46.1 Å². The van der Waals surface area contributed by atoms with Crippen LogP contribution in [0.2, 0.25) is 0 Å². The van der Waals surface area contributed by atoms with Crippen molar-refractivity contribution in [3.8, 4) is 0 Å². The molecule has 0 amide bonds. The largest absolute Gasteiger partial charge is 0.480 e. The van der Waals surface area contributed by atoms with Crippen LogP contribution >= 0.6 is 23.7 Å². The molecule has 0 heterocycles. The van der Waals surface area contributed by atoms with Crippen molar-refractivity contribution in [3.63, 3.8) is 0 Å².